The Morgan fingerprint density at radius 2 is 2.12 bits per heavy atom. The van der Waals surface area contributed by atoms with Crippen molar-refractivity contribution in [3.8, 4) is 0 Å². The SMILES string of the molecule is CN=C(NCc1cn2ccsc2n1)N(C)Cc1ccc(Cl)cc1.I. The van der Waals surface area contributed by atoms with E-state index < -0.39 is 0 Å². The number of guanidine groups is 1. The molecule has 3 aromatic rings. The van der Waals surface area contributed by atoms with Crippen LogP contribution in [0.2, 0.25) is 5.02 Å². The minimum Gasteiger partial charge on any atom is -0.351 e. The van der Waals surface area contributed by atoms with Gasteiger partial charge in [-0.2, -0.15) is 0 Å². The van der Waals surface area contributed by atoms with Crippen molar-refractivity contribution < 1.29 is 0 Å². The van der Waals surface area contributed by atoms with Gasteiger partial charge in [-0.1, -0.05) is 23.7 Å². The van der Waals surface area contributed by atoms with Crippen LogP contribution in [0.5, 0.6) is 0 Å². The molecule has 128 valence electrons. The van der Waals surface area contributed by atoms with Gasteiger partial charge in [0.05, 0.1) is 12.2 Å². The van der Waals surface area contributed by atoms with E-state index in [0.29, 0.717) is 6.54 Å². The Kier molecular flexibility index (Phi) is 6.88. The first kappa shape index (κ1) is 19.0. The van der Waals surface area contributed by atoms with E-state index in [2.05, 4.69) is 20.2 Å². The third kappa shape index (κ3) is 4.61. The molecule has 0 spiro atoms. The molecule has 0 aliphatic rings. The number of imidazole rings is 1. The Hall–Kier alpha value is -1.32. The van der Waals surface area contributed by atoms with E-state index in [1.165, 1.54) is 5.56 Å². The van der Waals surface area contributed by atoms with Gasteiger partial charge in [0.25, 0.3) is 0 Å². The summed E-state index contributed by atoms with van der Waals surface area (Å²) in [6.45, 7) is 1.40. The van der Waals surface area contributed by atoms with Crippen LogP contribution in [0, 0.1) is 0 Å². The van der Waals surface area contributed by atoms with Crippen LogP contribution >= 0.6 is 46.9 Å². The first-order chi connectivity index (χ1) is 11.2. The van der Waals surface area contributed by atoms with Crippen molar-refractivity contribution in [3.05, 3.63) is 58.3 Å². The van der Waals surface area contributed by atoms with Crippen molar-refractivity contribution in [1.82, 2.24) is 19.6 Å². The first-order valence-electron chi connectivity index (χ1n) is 7.23. The number of aliphatic imine (C=N–C) groups is 1. The standard InChI is InChI=1S/C16H18ClN5S.HI/c1-18-15(21(2)10-12-3-5-13(17)6-4-12)19-9-14-11-22-7-8-23-16(22)20-14;/h3-8,11H,9-10H2,1-2H3,(H,18,19);1H. The lowest BCUT2D eigenvalue weighted by atomic mass is 10.2. The first-order valence-corrected chi connectivity index (χ1v) is 8.49. The molecule has 0 bridgehead atoms. The van der Waals surface area contributed by atoms with Crippen molar-refractivity contribution in [2.45, 2.75) is 13.1 Å². The van der Waals surface area contributed by atoms with Gasteiger partial charge in [0.15, 0.2) is 10.9 Å². The molecule has 24 heavy (non-hydrogen) atoms. The molecule has 1 aromatic carbocycles. The minimum atomic E-state index is 0. The number of halogens is 2. The van der Waals surface area contributed by atoms with E-state index in [0.717, 1.165) is 28.2 Å². The topological polar surface area (TPSA) is 44.9 Å². The van der Waals surface area contributed by atoms with Gasteiger partial charge >= 0.3 is 0 Å². The Morgan fingerprint density at radius 1 is 1.38 bits per heavy atom. The van der Waals surface area contributed by atoms with Crippen LogP contribution in [0.25, 0.3) is 4.96 Å². The van der Waals surface area contributed by atoms with Gasteiger partial charge in [0.1, 0.15) is 0 Å². The molecule has 2 heterocycles. The Morgan fingerprint density at radius 3 is 2.79 bits per heavy atom. The van der Waals surface area contributed by atoms with Crippen LogP contribution in [0.4, 0.5) is 0 Å². The van der Waals surface area contributed by atoms with E-state index in [-0.39, 0.29) is 24.0 Å². The van der Waals surface area contributed by atoms with E-state index in [1.807, 2.05) is 53.5 Å². The smallest absolute Gasteiger partial charge is 0.194 e. The molecule has 5 nitrogen and oxygen atoms in total. The fourth-order valence-corrected chi connectivity index (χ4v) is 3.20. The van der Waals surface area contributed by atoms with Crippen LogP contribution < -0.4 is 5.32 Å². The number of benzene rings is 1. The molecule has 0 radical (unpaired) electrons. The van der Waals surface area contributed by atoms with Crippen molar-refractivity contribution in [1.29, 1.82) is 0 Å². The second-order valence-electron chi connectivity index (χ2n) is 5.21. The third-order valence-electron chi connectivity index (χ3n) is 3.48. The van der Waals surface area contributed by atoms with Crippen molar-refractivity contribution in [2.24, 2.45) is 4.99 Å². The maximum atomic E-state index is 5.92. The number of hydrogen-bond donors (Lipinski definition) is 1. The summed E-state index contributed by atoms with van der Waals surface area (Å²) < 4.78 is 2.03. The van der Waals surface area contributed by atoms with Crippen molar-refractivity contribution in [3.63, 3.8) is 0 Å². The molecule has 0 aliphatic carbocycles. The van der Waals surface area contributed by atoms with Crippen LogP contribution in [0.15, 0.2) is 47.0 Å². The van der Waals surface area contributed by atoms with E-state index >= 15 is 0 Å². The van der Waals surface area contributed by atoms with Crippen LogP contribution in [0.3, 0.4) is 0 Å². The lowest BCUT2D eigenvalue weighted by molar-refractivity contribution is 0.476. The van der Waals surface area contributed by atoms with Gasteiger partial charge in [-0.25, -0.2) is 4.98 Å². The molecule has 0 saturated carbocycles. The van der Waals surface area contributed by atoms with Gasteiger partial charge in [-0.3, -0.25) is 9.39 Å². The zero-order valence-electron chi connectivity index (χ0n) is 13.4. The Labute approximate surface area is 167 Å². The number of thiazole rings is 1. The predicted molar refractivity (Wildman–Crippen MR) is 112 cm³/mol. The summed E-state index contributed by atoms with van der Waals surface area (Å²) in [7, 11) is 3.79. The molecule has 2 aromatic heterocycles. The van der Waals surface area contributed by atoms with E-state index in [4.69, 9.17) is 11.6 Å². The minimum absolute atomic E-state index is 0. The molecule has 0 aliphatic heterocycles. The highest BCUT2D eigenvalue weighted by atomic mass is 127. The number of fused-ring (bicyclic) bond motifs is 1. The maximum absolute atomic E-state index is 5.92. The molecule has 0 fully saturated rings. The quantitative estimate of drug-likeness (QED) is 0.354. The van der Waals surface area contributed by atoms with E-state index in [1.54, 1.807) is 18.4 Å². The summed E-state index contributed by atoms with van der Waals surface area (Å²) >= 11 is 7.55. The largest absolute Gasteiger partial charge is 0.351 e. The number of nitrogens with zero attached hydrogens (tertiary/aromatic N) is 4. The number of hydrogen-bond acceptors (Lipinski definition) is 3. The fourth-order valence-electron chi connectivity index (χ4n) is 2.35. The van der Waals surface area contributed by atoms with E-state index in [9.17, 15) is 0 Å². The summed E-state index contributed by atoms with van der Waals surface area (Å²) in [5.41, 5.74) is 2.18. The molecular weight excluding hydrogens is 457 g/mol. The summed E-state index contributed by atoms with van der Waals surface area (Å²) in [6.07, 6.45) is 4.04. The van der Waals surface area contributed by atoms with Crippen LogP contribution in [0.1, 0.15) is 11.3 Å². The monoisotopic (exact) mass is 475 g/mol. The third-order valence-corrected chi connectivity index (χ3v) is 4.50. The second-order valence-corrected chi connectivity index (χ2v) is 6.52. The van der Waals surface area contributed by atoms with Crippen molar-refractivity contribution >= 4 is 57.8 Å². The van der Waals surface area contributed by atoms with Gasteiger partial charge < -0.3 is 10.2 Å². The predicted octanol–water partition coefficient (Wildman–Crippen LogP) is 3.87. The molecule has 0 saturated heterocycles. The zero-order valence-corrected chi connectivity index (χ0v) is 17.3. The van der Waals surface area contributed by atoms with Gasteiger partial charge in [0, 0.05) is 43.4 Å². The number of rotatable bonds is 4. The van der Waals surface area contributed by atoms with Crippen molar-refractivity contribution in [2.75, 3.05) is 14.1 Å². The zero-order chi connectivity index (χ0) is 16.2. The number of nitrogens with one attached hydrogen (secondary N) is 1. The maximum Gasteiger partial charge on any atom is 0.194 e. The van der Waals surface area contributed by atoms with Gasteiger partial charge in [-0.05, 0) is 17.7 Å². The highest BCUT2D eigenvalue weighted by Gasteiger charge is 2.08. The highest BCUT2D eigenvalue weighted by molar-refractivity contribution is 14.0. The molecule has 0 unspecified atom stereocenters. The highest BCUT2D eigenvalue weighted by Crippen LogP contribution is 2.12. The number of aromatic nitrogens is 2. The molecular formula is C16H19ClIN5S. The molecule has 8 heteroatoms. The summed E-state index contributed by atoms with van der Waals surface area (Å²) in [4.78, 5) is 12.0. The molecule has 1 N–H and O–H groups in total. The average molecular weight is 476 g/mol. The lowest BCUT2D eigenvalue weighted by Gasteiger charge is -2.21. The summed E-state index contributed by atoms with van der Waals surface area (Å²) in [6, 6.07) is 7.85. The Bertz CT molecular complexity index is 783. The average Bonchev–Trinajstić information content (AvgIpc) is 3.11. The Balaban J connectivity index is 0.00000208. The molecule has 0 atom stereocenters. The van der Waals surface area contributed by atoms with Gasteiger partial charge in [-0.15, -0.1) is 35.3 Å². The van der Waals surface area contributed by atoms with Crippen LogP contribution in [-0.2, 0) is 13.1 Å². The normalized spacial score (nSPS) is 11.4. The fraction of sp³-hybridized carbons (Fsp3) is 0.250. The summed E-state index contributed by atoms with van der Waals surface area (Å²) in [5, 5.41) is 6.12. The van der Waals surface area contributed by atoms with Gasteiger partial charge in [0.2, 0.25) is 0 Å². The lowest BCUT2D eigenvalue weighted by Crippen LogP contribution is -2.38. The molecule has 3 rings (SSSR count). The summed E-state index contributed by atoms with van der Waals surface area (Å²) in [5.74, 6) is 0.830. The van der Waals surface area contributed by atoms with Crippen LogP contribution in [-0.4, -0.2) is 34.3 Å². The molecule has 0 amide bonds. The second kappa shape index (κ2) is 8.68.